The lowest BCUT2D eigenvalue weighted by atomic mass is 10.1. The van der Waals surface area contributed by atoms with Crippen LogP contribution in [0.2, 0.25) is 0 Å². The van der Waals surface area contributed by atoms with E-state index in [0.717, 1.165) is 33.1 Å². The van der Waals surface area contributed by atoms with Crippen LogP contribution < -0.4 is 11.1 Å². The molecule has 0 saturated heterocycles. The van der Waals surface area contributed by atoms with Gasteiger partial charge in [0.15, 0.2) is 11.6 Å². The van der Waals surface area contributed by atoms with Gasteiger partial charge in [-0.1, -0.05) is 42.5 Å². The van der Waals surface area contributed by atoms with Crippen molar-refractivity contribution in [3.05, 3.63) is 84.7 Å². The highest BCUT2D eigenvalue weighted by molar-refractivity contribution is 5.93. The zero-order valence-corrected chi connectivity index (χ0v) is 16.0. The molecule has 0 aliphatic heterocycles. The van der Waals surface area contributed by atoms with Crippen molar-refractivity contribution in [3.8, 4) is 5.82 Å². The number of carbonyl (C=O) groups excluding carboxylic acids is 1. The minimum absolute atomic E-state index is 0.174. The van der Waals surface area contributed by atoms with Gasteiger partial charge in [-0.05, 0) is 35.2 Å². The van der Waals surface area contributed by atoms with E-state index in [4.69, 9.17) is 5.73 Å². The molecule has 7 nitrogen and oxygen atoms in total. The lowest BCUT2D eigenvalue weighted by Crippen LogP contribution is -2.13. The van der Waals surface area contributed by atoms with Crippen LogP contribution in [0.25, 0.3) is 27.5 Å². The number of benzene rings is 2. The smallest absolute Gasteiger partial charge is 0.221 e. The lowest BCUT2D eigenvalue weighted by Gasteiger charge is -2.08. The number of anilines is 2. The number of pyridine rings is 1. The third kappa shape index (κ3) is 3.22. The minimum atomic E-state index is -0.369. The zero-order valence-electron chi connectivity index (χ0n) is 16.0. The number of nitrogens with two attached hydrogens (primary N) is 1. The molecule has 0 saturated carbocycles. The Balaban J connectivity index is 1.49. The zero-order chi connectivity index (χ0) is 20.5. The maximum atomic E-state index is 11.4. The second-order valence-corrected chi connectivity index (χ2v) is 6.97. The van der Waals surface area contributed by atoms with Crippen molar-refractivity contribution < 1.29 is 4.79 Å². The molecule has 0 aliphatic carbocycles. The van der Waals surface area contributed by atoms with E-state index in [-0.39, 0.29) is 12.3 Å². The fourth-order valence-electron chi connectivity index (χ4n) is 3.63. The van der Waals surface area contributed by atoms with E-state index in [1.165, 1.54) is 0 Å². The number of para-hydroxylation sites is 1. The van der Waals surface area contributed by atoms with E-state index in [9.17, 15) is 4.79 Å². The lowest BCUT2D eigenvalue weighted by molar-refractivity contribution is -0.117. The first-order chi connectivity index (χ1) is 14.7. The molecule has 3 heterocycles. The van der Waals surface area contributed by atoms with E-state index in [0.29, 0.717) is 11.6 Å². The molecule has 5 rings (SSSR count). The Hall–Kier alpha value is -4.26. The SMILES string of the molecule is NC(=O)Cc1cn(-c2ccc(Nc3nccc4ccccc34)nn2)c2ccccc12. The van der Waals surface area contributed by atoms with Gasteiger partial charge in [0.2, 0.25) is 5.91 Å². The van der Waals surface area contributed by atoms with Gasteiger partial charge in [-0.15, -0.1) is 10.2 Å². The van der Waals surface area contributed by atoms with Crippen LogP contribution in [0.4, 0.5) is 11.6 Å². The first-order valence-electron chi connectivity index (χ1n) is 9.51. The number of fused-ring (bicyclic) bond motifs is 2. The number of hydrogen-bond acceptors (Lipinski definition) is 5. The van der Waals surface area contributed by atoms with Gasteiger partial charge in [-0.3, -0.25) is 9.36 Å². The monoisotopic (exact) mass is 394 g/mol. The third-order valence-electron chi connectivity index (χ3n) is 4.98. The summed E-state index contributed by atoms with van der Waals surface area (Å²) in [5.74, 6) is 1.60. The topological polar surface area (TPSA) is 98.7 Å². The quantitative estimate of drug-likeness (QED) is 0.473. The van der Waals surface area contributed by atoms with Crippen molar-refractivity contribution in [1.29, 1.82) is 0 Å². The number of nitrogens with zero attached hydrogens (tertiary/aromatic N) is 4. The average Bonchev–Trinajstić information content (AvgIpc) is 3.12. The molecular formula is C23H18N6O. The van der Waals surface area contributed by atoms with Crippen molar-refractivity contribution in [2.24, 2.45) is 5.73 Å². The van der Waals surface area contributed by atoms with E-state index in [1.807, 2.05) is 77.5 Å². The first kappa shape index (κ1) is 17.8. The number of aromatic nitrogens is 4. The highest BCUT2D eigenvalue weighted by Crippen LogP contribution is 2.26. The van der Waals surface area contributed by atoms with Crippen LogP contribution in [0.1, 0.15) is 5.56 Å². The van der Waals surface area contributed by atoms with Crippen LogP contribution in [0.15, 0.2) is 79.1 Å². The Morgan fingerprint density at radius 1 is 0.933 bits per heavy atom. The molecular weight excluding hydrogens is 376 g/mol. The molecule has 30 heavy (non-hydrogen) atoms. The summed E-state index contributed by atoms with van der Waals surface area (Å²) in [7, 11) is 0. The Labute approximate surface area is 172 Å². The molecule has 0 fully saturated rings. The molecule has 1 amide bonds. The van der Waals surface area contributed by atoms with Crippen molar-refractivity contribution in [3.63, 3.8) is 0 Å². The summed E-state index contributed by atoms with van der Waals surface area (Å²) in [5, 5.41) is 15.0. The summed E-state index contributed by atoms with van der Waals surface area (Å²) >= 11 is 0. The molecule has 7 heteroatoms. The Bertz CT molecular complexity index is 1370. The van der Waals surface area contributed by atoms with Crippen LogP contribution in [0, 0.1) is 0 Å². The van der Waals surface area contributed by atoms with Gasteiger partial charge in [-0.25, -0.2) is 4.98 Å². The van der Waals surface area contributed by atoms with Crippen LogP contribution >= 0.6 is 0 Å². The van der Waals surface area contributed by atoms with Gasteiger partial charge < -0.3 is 11.1 Å². The highest BCUT2D eigenvalue weighted by atomic mass is 16.1. The Morgan fingerprint density at radius 3 is 2.53 bits per heavy atom. The second kappa shape index (κ2) is 7.29. The number of nitrogens with one attached hydrogen (secondary N) is 1. The van der Waals surface area contributed by atoms with Crippen LogP contribution in [-0.4, -0.2) is 25.7 Å². The minimum Gasteiger partial charge on any atom is -0.369 e. The molecule has 0 unspecified atom stereocenters. The van der Waals surface area contributed by atoms with Gasteiger partial charge in [0.1, 0.15) is 5.82 Å². The van der Waals surface area contributed by atoms with Crippen LogP contribution in [-0.2, 0) is 11.2 Å². The normalized spacial score (nSPS) is 11.1. The number of amides is 1. The predicted octanol–water partition coefficient (Wildman–Crippen LogP) is 3.74. The van der Waals surface area contributed by atoms with E-state index < -0.39 is 0 Å². The van der Waals surface area contributed by atoms with Crippen molar-refractivity contribution in [1.82, 2.24) is 19.7 Å². The largest absolute Gasteiger partial charge is 0.369 e. The van der Waals surface area contributed by atoms with Crippen molar-refractivity contribution in [2.75, 3.05) is 5.32 Å². The fraction of sp³-hybridized carbons (Fsp3) is 0.0435. The standard InChI is InChI=1S/C23H18N6O/c24-20(30)13-16-14-29(19-8-4-3-6-17(16)19)22-10-9-21(27-28-22)26-23-18-7-2-1-5-15(18)11-12-25-23/h1-12,14H,13H2,(H2,24,30)(H,25,26,27). The van der Waals surface area contributed by atoms with Gasteiger partial charge in [-0.2, -0.15) is 0 Å². The number of primary amides is 1. The predicted molar refractivity (Wildman–Crippen MR) is 117 cm³/mol. The molecule has 0 spiro atoms. The summed E-state index contributed by atoms with van der Waals surface area (Å²) < 4.78 is 1.92. The summed E-state index contributed by atoms with van der Waals surface area (Å²) in [4.78, 5) is 15.9. The fourth-order valence-corrected chi connectivity index (χ4v) is 3.63. The van der Waals surface area contributed by atoms with Gasteiger partial charge in [0.05, 0.1) is 11.9 Å². The first-order valence-corrected chi connectivity index (χ1v) is 9.51. The maximum Gasteiger partial charge on any atom is 0.221 e. The second-order valence-electron chi connectivity index (χ2n) is 6.97. The summed E-state index contributed by atoms with van der Waals surface area (Å²) in [5.41, 5.74) is 7.21. The number of rotatable bonds is 5. The van der Waals surface area contributed by atoms with Crippen LogP contribution in [0.3, 0.4) is 0 Å². The van der Waals surface area contributed by atoms with Crippen LogP contribution in [0.5, 0.6) is 0 Å². The molecule has 5 aromatic rings. The van der Waals surface area contributed by atoms with Gasteiger partial charge in [0.25, 0.3) is 0 Å². The molecule has 3 N–H and O–H groups in total. The van der Waals surface area contributed by atoms with Gasteiger partial charge >= 0.3 is 0 Å². The van der Waals surface area contributed by atoms with Crippen molar-refractivity contribution in [2.45, 2.75) is 6.42 Å². The van der Waals surface area contributed by atoms with E-state index in [1.54, 1.807) is 6.20 Å². The molecule has 3 aromatic heterocycles. The summed E-state index contributed by atoms with van der Waals surface area (Å²) in [6.45, 7) is 0. The number of hydrogen-bond donors (Lipinski definition) is 2. The maximum absolute atomic E-state index is 11.4. The average molecular weight is 394 g/mol. The Kier molecular flexibility index (Phi) is 4.33. The molecule has 0 bridgehead atoms. The molecule has 2 aromatic carbocycles. The highest BCUT2D eigenvalue weighted by Gasteiger charge is 2.12. The van der Waals surface area contributed by atoms with E-state index >= 15 is 0 Å². The molecule has 0 aliphatic rings. The van der Waals surface area contributed by atoms with Gasteiger partial charge in [0, 0.05) is 23.2 Å². The summed E-state index contributed by atoms with van der Waals surface area (Å²) in [6, 6.07) is 21.6. The van der Waals surface area contributed by atoms with E-state index in [2.05, 4.69) is 20.5 Å². The van der Waals surface area contributed by atoms with Crippen molar-refractivity contribution >= 4 is 39.2 Å². The Morgan fingerprint density at radius 2 is 1.73 bits per heavy atom. The molecule has 146 valence electrons. The number of carbonyl (C=O) groups is 1. The molecule has 0 atom stereocenters. The third-order valence-corrected chi connectivity index (χ3v) is 4.98. The molecule has 0 radical (unpaired) electrons. The summed E-state index contributed by atoms with van der Waals surface area (Å²) in [6.07, 6.45) is 3.82.